The number of nitrogens with zero attached hydrogens (tertiary/aromatic N) is 5. The average Bonchev–Trinajstić information content (AvgIpc) is 3.37. The van der Waals surface area contributed by atoms with E-state index >= 15 is 0 Å². The molecule has 0 saturated carbocycles. The van der Waals surface area contributed by atoms with Crippen LogP contribution in [0, 0.1) is 0 Å². The van der Waals surface area contributed by atoms with Gasteiger partial charge in [0, 0.05) is 48.2 Å². The first-order valence-corrected chi connectivity index (χ1v) is 13.9. The zero-order valence-electron chi connectivity index (χ0n) is 20.0. The minimum atomic E-state index is -3.54. The molecule has 0 spiro atoms. The number of hydrogen-bond acceptors (Lipinski definition) is 8. The van der Waals surface area contributed by atoms with Crippen LogP contribution < -0.4 is 4.74 Å². The zero-order valence-corrected chi connectivity index (χ0v) is 21.6. The molecule has 0 radical (unpaired) electrons. The van der Waals surface area contributed by atoms with Crippen LogP contribution in [-0.4, -0.2) is 64.2 Å². The fraction of sp³-hybridized carbons (Fsp3) is 0.375. The van der Waals surface area contributed by atoms with Crippen molar-refractivity contribution in [3.05, 3.63) is 48.1 Å². The molecule has 1 aromatic carbocycles. The summed E-state index contributed by atoms with van der Waals surface area (Å²) < 4.78 is 32.1. The maximum absolute atomic E-state index is 12.0. The van der Waals surface area contributed by atoms with E-state index in [0.29, 0.717) is 35.8 Å². The molecule has 3 aromatic heterocycles. The quantitative estimate of drug-likeness (QED) is 0.315. The SMILES string of the molecule is CC(C)N(CCOc1cccc(-c2nc3sccn3c2-c2ccnc(S(C)(=O)=O)n2)c1)C(C)C. The molecular weight excluding hydrogens is 470 g/mol. The molecule has 0 fully saturated rings. The lowest BCUT2D eigenvalue weighted by Gasteiger charge is -2.30. The third-order valence-electron chi connectivity index (χ3n) is 5.52. The minimum Gasteiger partial charge on any atom is -0.492 e. The normalized spacial score (nSPS) is 12.4. The van der Waals surface area contributed by atoms with Crippen molar-refractivity contribution in [2.45, 2.75) is 44.9 Å². The summed E-state index contributed by atoms with van der Waals surface area (Å²) in [5.41, 5.74) is 2.78. The lowest BCUT2D eigenvalue weighted by atomic mass is 10.1. The van der Waals surface area contributed by atoms with Gasteiger partial charge in [0.1, 0.15) is 18.1 Å². The third kappa shape index (κ3) is 5.13. The van der Waals surface area contributed by atoms with E-state index in [1.807, 2.05) is 40.2 Å². The van der Waals surface area contributed by atoms with E-state index in [-0.39, 0.29) is 5.16 Å². The summed E-state index contributed by atoms with van der Waals surface area (Å²) >= 11 is 1.50. The van der Waals surface area contributed by atoms with E-state index < -0.39 is 9.84 Å². The van der Waals surface area contributed by atoms with Crippen molar-refractivity contribution in [2.24, 2.45) is 0 Å². The van der Waals surface area contributed by atoms with Crippen molar-refractivity contribution in [1.82, 2.24) is 24.3 Å². The van der Waals surface area contributed by atoms with Gasteiger partial charge in [-0.1, -0.05) is 12.1 Å². The molecule has 0 atom stereocenters. The van der Waals surface area contributed by atoms with Gasteiger partial charge in [0.15, 0.2) is 4.96 Å². The van der Waals surface area contributed by atoms with Crippen LogP contribution in [0.25, 0.3) is 27.6 Å². The summed E-state index contributed by atoms with van der Waals surface area (Å²) in [6.07, 6.45) is 4.47. The van der Waals surface area contributed by atoms with E-state index in [2.05, 4.69) is 42.6 Å². The van der Waals surface area contributed by atoms with Crippen LogP contribution >= 0.6 is 11.3 Å². The lowest BCUT2D eigenvalue weighted by Crippen LogP contribution is -2.39. The summed E-state index contributed by atoms with van der Waals surface area (Å²) in [7, 11) is -3.54. The highest BCUT2D eigenvalue weighted by Gasteiger charge is 2.21. The first kappa shape index (κ1) is 24.3. The molecule has 0 aliphatic carbocycles. The molecule has 0 saturated heterocycles. The molecule has 0 amide bonds. The monoisotopic (exact) mass is 499 g/mol. The van der Waals surface area contributed by atoms with Gasteiger partial charge in [-0.05, 0) is 45.9 Å². The molecule has 0 aliphatic rings. The number of rotatable bonds is 9. The van der Waals surface area contributed by atoms with E-state index in [1.165, 1.54) is 17.5 Å². The second-order valence-corrected chi connectivity index (χ2v) is 11.4. The van der Waals surface area contributed by atoms with Crippen LogP contribution in [0.2, 0.25) is 0 Å². The van der Waals surface area contributed by atoms with Gasteiger partial charge in [0.25, 0.3) is 0 Å². The van der Waals surface area contributed by atoms with Crippen LogP contribution in [0.15, 0.2) is 53.3 Å². The Morgan fingerprint density at radius 3 is 2.59 bits per heavy atom. The van der Waals surface area contributed by atoms with Crippen LogP contribution in [0.3, 0.4) is 0 Å². The molecule has 4 aromatic rings. The van der Waals surface area contributed by atoms with Gasteiger partial charge in [-0.2, -0.15) is 0 Å². The summed E-state index contributed by atoms with van der Waals surface area (Å²) in [4.78, 5) is 16.3. The van der Waals surface area contributed by atoms with Gasteiger partial charge in [-0.3, -0.25) is 9.30 Å². The molecule has 0 N–H and O–H groups in total. The van der Waals surface area contributed by atoms with Gasteiger partial charge < -0.3 is 4.74 Å². The zero-order chi connectivity index (χ0) is 24.5. The van der Waals surface area contributed by atoms with E-state index in [9.17, 15) is 8.42 Å². The fourth-order valence-corrected chi connectivity index (χ4v) is 5.23. The highest BCUT2D eigenvalue weighted by Crippen LogP contribution is 2.34. The molecule has 0 aliphatic heterocycles. The standard InChI is InChI=1S/C24H29N5O3S2/c1-16(2)28(17(3)4)11-13-32-19-8-6-7-18(15-19)21-22(29-12-14-33-24(29)27-21)20-9-10-25-23(26-20)34(5,30)31/h6-10,12,14-17H,11,13H2,1-5H3. The number of imidazole rings is 1. The van der Waals surface area contributed by atoms with Crippen molar-refractivity contribution in [3.8, 4) is 28.4 Å². The maximum atomic E-state index is 12.0. The molecule has 3 heterocycles. The Morgan fingerprint density at radius 2 is 1.88 bits per heavy atom. The van der Waals surface area contributed by atoms with Crippen molar-refractivity contribution in [2.75, 3.05) is 19.4 Å². The van der Waals surface area contributed by atoms with Crippen LogP contribution in [0.1, 0.15) is 27.7 Å². The number of ether oxygens (including phenoxy) is 1. The molecule has 4 rings (SSSR count). The topological polar surface area (TPSA) is 89.7 Å². The molecule has 180 valence electrons. The summed E-state index contributed by atoms with van der Waals surface area (Å²) in [5.74, 6) is 0.756. The van der Waals surface area contributed by atoms with Crippen molar-refractivity contribution >= 4 is 26.1 Å². The van der Waals surface area contributed by atoms with Gasteiger partial charge in [-0.25, -0.2) is 23.4 Å². The Balaban J connectivity index is 1.68. The Labute approximate surface area is 204 Å². The number of benzene rings is 1. The van der Waals surface area contributed by atoms with Crippen molar-refractivity contribution < 1.29 is 13.2 Å². The Kier molecular flexibility index (Phi) is 7.01. The third-order valence-corrected chi connectivity index (χ3v) is 7.14. The fourth-order valence-electron chi connectivity index (χ4n) is 4.00. The van der Waals surface area contributed by atoms with Gasteiger partial charge in [-0.15, -0.1) is 11.3 Å². The molecule has 8 nitrogen and oxygen atoms in total. The lowest BCUT2D eigenvalue weighted by molar-refractivity contribution is 0.142. The first-order chi connectivity index (χ1) is 16.1. The maximum Gasteiger partial charge on any atom is 0.247 e. The Hall–Kier alpha value is -2.82. The number of fused-ring (bicyclic) bond motifs is 1. The smallest absolute Gasteiger partial charge is 0.247 e. The molecule has 0 bridgehead atoms. The second kappa shape index (κ2) is 9.81. The number of aromatic nitrogens is 4. The van der Waals surface area contributed by atoms with Crippen molar-refractivity contribution in [1.29, 1.82) is 0 Å². The number of thiazole rings is 1. The van der Waals surface area contributed by atoms with Crippen molar-refractivity contribution in [3.63, 3.8) is 0 Å². The molecule has 0 unspecified atom stereocenters. The highest BCUT2D eigenvalue weighted by atomic mass is 32.2. The first-order valence-electron chi connectivity index (χ1n) is 11.1. The second-order valence-electron chi connectivity index (χ2n) is 8.66. The minimum absolute atomic E-state index is 0.210. The predicted octanol–water partition coefficient (Wildman–Crippen LogP) is 4.42. The van der Waals surface area contributed by atoms with E-state index in [1.54, 1.807) is 6.07 Å². The van der Waals surface area contributed by atoms with Crippen LogP contribution in [0.4, 0.5) is 0 Å². The van der Waals surface area contributed by atoms with Gasteiger partial charge in [0.2, 0.25) is 15.0 Å². The highest BCUT2D eigenvalue weighted by molar-refractivity contribution is 7.90. The molecular formula is C24H29N5O3S2. The van der Waals surface area contributed by atoms with Crippen LogP contribution in [0.5, 0.6) is 5.75 Å². The van der Waals surface area contributed by atoms with E-state index in [4.69, 9.17) is 9.72 Å². The van der Waals surface area contributed by atoms with E-state index in [0.717, 1.165) is 29.1 Å². The number of sulfone groups is 1. The Morgan fingerprint density at radius 1 is 1.12 bits per heavy atom. The summed E-state index contributed by atoms with van der Waals surface area (Å²) in [5, 5.41) is 1.72. The van der Waals surface area contributed by atoms with Crippen LogP contribution in [-0.2, 0) is 9.84 Å². The average molecular weight is 500 g/mol. The number of hydrogen-bond donors (Lipinski definition) is 0. The largest absolute Gasteiger partial charge is 0.492 e. The molecule has 10 heteroatoms. The van der Waals surface area contributed by atoms with Gasteiger partial charge >= 0.3 is 0 Å². The molecule has 34 heavy (non-hydrogen) atoms. The predicted molar refractivity (Wildman–Crippen MR) is 135 cm³/mol. The summed E-state index contributed by atoms with van der Waals surface area (Å²) in [6, 6.07) is 10.4. The Bertz CT molecular complexity index is 1380. The summed E-state index contributed by atoms with van der Waals surface area (Å²) in [6.45, 7) is 10.2. The van der Waals surface area contributed by atoms with Gasteiger partial charge in [0.05, 0.1) is 11.4 Å².